The fourth-order valence-corrected chi connectivity index (χ4v) is 1.96. The summed E-state index contributed by atoms with van der Waals surface area (Å²) in [5, 5.41) is 4.54. The van der Waals surface area contributed by atoms with E-state index in [9.17, 15) is 0 Å². The first kappa shape index (κ1) is 12.6. The number of methoxy groups -OCH3 is 1. The van der Waals surface area contributed by atoms with Crippen molar-refractivity contribution in [2.45, 2.75) is 26.3 Å². The van der Waals surface area contributed by atoms with Crippen LogP contribution in [0.4, 0.5) is 0 Å². The average molecular weight is 245 g/mol. The summed E-state index contributed by atoms with van der Waals surface area (Å²) in [5.74, 6) is 1.19. The van der Waals surface area contributed by atoms with Gasteiger partial charge in [-0.3, -0.25) is 0 Å². The van der Waals surface area contributed by atoms with Gasteiger partial charge in [0, 0.05) is 12.2 Å². The summed E-state index contributed by atoms with van der Waals surface area (Å²) in [7, 11) is 1.67. The van der Waals surface area contributed by atoms with E-state index < -0.39 is 0 Å². The number of benzene rings is 1. The van der Waals surface area contributed by atoms with Crippen molar-refractivity contribution in [3.05, 3.63) is 41.7 Å². The van der Waals surface area contributed by atoms with Gasteiger partial charge in [-0.25, -0.2) is 4.68 Å². The minimum atomic E-state index is 0.378. The number of hydrogen-bond donors (Lipinski definition) is 1. The monoisotopic (exact) mass is 245 g/mol. The van der Waals surface area contributed by atoms with Crippen LogP contribution in [0.25, 0.3) is 5.69 Å². The second-order valence-corrected chi connectivity index (χ2v) is 4.50. The van der Waals surface area contributed by atoms with Gasteiger partial charge in [0.1, 0.15) is 11.4 Å². The molecule has 18 heavy (non-hydrogen) atoms. The minimum Gasteiger partial charge on any atom is -0.494 e. The predicted octanol–water partition coefficient (Wildman–Crippen LogP) is 2.46. The highest BCUT2D eigenvalue weighted by molar-refractivity contribution is 5.47. The first-order valence-corrected chi connectivity index (χ1v) is 6.09. The number of hydrogen-bond acceptors (Lipinski definition) is 3. The summed E-state index contributed by atoms with van der Waals surface area (Å²) in [6, 6.07) is 9.91. The van der Waals surface area contributed by atoms with Crippen molar-refractivity contribution in [3.63, 3.8) is 0 Å². The zero-order valence-corrected chi connectivity index (χ0v) is 11.1. The first-order valence-electron chi connectivity index (χ1n) is 6.09. The molecule has 0 fully saturated rings. The van der Waals surface area contributed by atoms with E-state index in [4.69, 9.17) is 10.5 Å². The first-order chi connectivity index (χ1) is 8.67. The van der Waals surface area contributed by atoms with Crippen LogP contribution in [0.5, 0.6) is 5.75 Å². The van der Waals surface area contributed by atoms with E-state index in [1.165, 1.54) is 0 Å². The lowest BCUT2D eigenvalue weighted by atomic mass is 10.1. The van der Waals surface area contributed by atoms with Crippen molar-refractivity contribution in [1.29, 1.82) is 0 Å². The minimum absolute atomic E-state index is 0.378. The molecule has 4 nitrogen and oxygen atoms in total. The average Bonchev–Trinajstić information content (AvgIpc) is 2.83. The Balaban J connectivity index is 2.58. The molecule has 4 heteroatoms. The maximum absolute atomic E-state index is 5.67. The van der Waals surface area contributed by atoms with Crippen molar-refractivity contribution in [2.24, 2.45) is 5.73 Å². The van der Waals surface area contributed by atoms with Gasteiger partial charge in [0.05, 0.1) is 12.8 Å². The maximum Gasteiger partial charge on any atom is 0.144 e. The largest absolute Gasteiger partial charge is 0.494 e. The lowest BCUT2D eigenvalue weighted by Gasteiger charge is -2.13. The highest BCUT2D eigenvalue weighted by atomic mass is 16.5. The van der Waals surface area contributed by atoms with E-state index in [-0.39, 0.29) is 0 Å². The molecule has 0 saturated heterocycles. The SMILES string of the molecule is COc1ccccc1-n1nc(CN)cc1C(C)C. The van der Waals surface area contributed by atoms with Gasteiger partial charge in [-0.05, 0) is 24.1 Å². The molecule has 0 radical (unpaired) electrons. The molecule has 2 aromatic rings. The fraction of sp³-hybridized carbons (Fsp3) is 0.357. The van der Waals surface area contributed by atoms with Gasteiger partial charge in [-0.15, -0.1) is 0 Å². The molecule has 0 bridgehead atoms. The highest BCUT2D eigenvalue weighted by Crippen LogP contribution is 2.26. The fourth-order valence-electron chi connectivity index (χ4n) is 1.96. The van der Waals surface area contributed by atoms with E-state index >= 15 is 0 Å². The summed E-state index contributed by atoms with van der Waals surface area (Å²) in [5.41, 5.74) is 8.65. The van der Waals surface area contributed by atoms with Crippen LogP contribution in [0, 0.1) is 0 Å². The van der Waals surface area contributed by atoms with Crippen molar-refractivity contribution >= 4 is 0 Å². The molecular weight excluding hydrogens is 226 g/mol. The van der Waals surface area contributed by atoms with Crippen molar-refractivity contribution in [1.82, 2.24) is 9.78 Å². The summed E-state index contributed by atoms with van der Waals surface area (Å²) in [4.78, 5) is 0. The van der Waals surface area contributed by atoms with E-state index in [2.05, 4.69) is 25.0 Å². The lowest BCUT2D eigenvalue weighted by Crippen LogP contribution is -2.06. The van der Waals surface area contributed by atoms with Crippen LogP contribution in [0.3, 0.4) is 0 Å². The Morgan fingerprint density at radius 3 is 2.67 bits per heavy atom. The Kier molecular flexibility index (Phi) is 3.67. The molecule has 0 aliphatic rings. The Morgan fingerprint density at radius 1 is 1.33 bits per heavy atom. The quantitative estimate of drug-likeness (QED) is 0.900. The van der Waals surface area contributed by atoms with Crippen LogP contribution in [0.1, 0.15) is 31.2 Å². The van der Waals surface area contributed by atoms with E-state index in [1.54, 1.807) is 7.11 Å². The van der Waals surface area contributed by atoms with Crippen LogP contribution >= 0.6 is 0 Å². The molecule has 2 N–H and O–H groups in total. The van der Waals surface area contributed by atoms with Crippen molar-refractivity contribution < 1.29 is 4.74 Å². The Labute approximate surface area is 107 Å². The van der Waals surface area contributed by atoms with Gasteiger partial charge in [0.25, 0.3) is 0 Å². The topological polar surface area (TPSA) is 53.1 Å². The molecule has 2 rings (SSSR count). The molecule has 0 spiro atoms. The Bertz CT molecular complexity index is 532. The zero-order chi connectivity index (χ0) is 13.1. The van der Waals surface area contributed by atoms with E-state index in [0.29, 0.717) is 12.5 Å². The third-order valence-electron chi connectivity index (χ3n) is 2.90. The van der Waals surface area contributed by atoms with E-state index in [0.717, 1.165) is 22.8 Å². The van der Waals surface area contributed by atoms with Crippen LogP contribution in [-0.2, 0) is 6.54 Å². The van der Waals surface area contributed by atoms with Crippen LogP contribution in [0.15, 0.2) is 30.3 Å². The second kappa shape index (κ2) is 5.23. The number of nitrogens with zero attached hydrogens (tertiary/aromatic N) is 2. The number of ether oxygens (including phenoxy) is 1. The summed E-state index contributed by atoms with van der Waals surface area (Å²) in [6.07, 6.45) is 0. The van der Waals surface area contributed by atoms with Gasteiger partial charge >= 0.3 is 0 Å². The van der Waals surface area contributed by atoms with Gasteiger partial charge in [0.15, 0.2) is 0 Å². The third-order valence-corrected chi connectivity index (χ3v) is 2.90. The number of nitrogens with two attached hydrogens (primary N) is 1. The Morgan fingerprint density at radius 2 is 2.06 bits per heavy atom. The number of para-hydroxylation sites is 2. The molecule has 96 valence electrons. The van der Waals surface area contributed by atoms with Gasteiger partial charge in [0.2, 0.25) is 0 Å². The highest BCUT2D eigenvalue weighted by Gasteiger charge is 2.14. The molecular formula is C14H19N3O. The summed E-state index contributed by atoms with van der Waals surface area (Å²) < 4.78 is 7.31. The van der Waals surface area contributed by atoms with Gasteiger partial charge in [-0.2, -0.15) is 5.10 Å². The third kappa shape index (κ3) is 2.24. The van der Waals surface area contributed by atoms with Crippen LogP contribution in [-0.4, -0.2) is 16.9 Å². The lowest BCUT2D eigenvalue weighted by molar-refractivity contribution is 0.411. The van der Waals surface area contributed by atoms with Crippen LogP contribution < -0.4 is 10.5 Å². The van der Waals surface area contributed by atoms with Crippen molar-refractivity contribution in [3.8, 4) is 11.4 Å². The number of rotatable bonds is 4. The Hall–Kier alpha value is -1.81. The molecule has 1 aromatic carbocycles. The number of aromatic nitrogens is 2. The maximum atomic E-state index is 5.67. The molecule has 1 aromatic heterocycles. The van der Waals surface area contributed by atoms with Crippen LogP contribution in [0.2, 0.25) is 0 Å². The molecule has 1 heterocycles. The van der Waals surface area contributed by atoms with E-state index in [1.807, 2.05) is 28.9 Å². The summed E-state index contributed by atoms with van der Waals surface area (Å²) >= 11 is 0. The summed E-state index contributed by atoms with van der Waals surface area (Å²) in [6.45, 7) is 4.73. The molecule has 0 atom stereocenters. The zero-order valence-electron chi connectivity index (χ0n) is 11.1. The second-order valence-electron chi connectivity index (χ2n) is 4.50. The normalized spacial score (nSPS) is 10.9. The van der Waals surface area contributed by atoms with Crippen molar-refractivity contribution in [2.75, 3.05) is 7.11 Å². The van der Waals surface area contributed by atoms with Gasteiger partial charge < -0.3 is 10.5 Å². The van der Waals surface area contributed by atoms with Gasteiger partial charge in [-0.1, -0.05) is 26.0 Å². The molecule has 0 aliphatic carbocycles. The smallest absolute Gasteiger partial charge is 0.144 e. The predicted molar refractivity (Wildman–Crippen MR) is 72.1 cm³/mol. The standard InChI is InChI=1S/C14H19N3O/c1-10(2)13-8-11(9-15)16-17(13)12-6-4-5-7-14(12)18-3/h4-8,10H,9,15H2,1-3H3. The molecule has 0 unspecified atom stereocenters. The molecule has 0 amide bonds. The molecule has 0 saturated carbocycles. The molecule has 0 aliphatic heterocycles.